The Morgan fingerprint density at radius 3 is 2.52 bits per heavy atom. The lowest BCUT2D eigenvalue weighted by Gasteiger charge is -2.56. The predicted octanol–water partition coefficient (Wildman–Crippen LogP) is 2.63. The minimum absolute atomic E-state index is 0.0215. The van der Waals surface area contributed by atoms with E-state index in [-0.39, 0.29) is 12.5 Å². The lowest BCUT2D eigenvalue weighted by molar-refractivity contribution is -0.0503. The highest BCUT2D eigenvalue weighted by atomic mass is 16.3. The van der Waals surface area contributed by atoms with Gasteiger partial charge >= 0.3 is 0 Å². The van der Waals surface area contributed by atoms with Crippen molar-refractivity contribution >= 4 is 11.7 Å². The second-order valence-corrected chi connectivity index (χ2v) is 10.0. The van der Waals surface area contributed by atoms with Crippen LogP contribution in [0.5, 0.6) is 0 Å². The van der Waals surface area contributed by atoms with Crippen molar-refractivity contribution in [1.82, 2.24) is 25.1 Å². The van der Waals surface area contributed by atoms with E-state index in [9.17, 15) is 4.79 Å². The van der Waals surface area contributed by atoms with Crippen LogP contribution in [0.2, 0.25) is 0 Å². The number of aromatic nitrogens is 4. The molecule has 4 fully saturated rings. The van der Waals surface area contributed by atoms with E-state index in [4.69, 9.17) is 5.11 Å². The number of aliphatic hydroxyl groups is 1. The molecule has 2 aromatic rings. The van der Waals surface area contributed by atoms with Gasteiger partial charge in [0.25, 0.3) is 11.9 Å². The first-order chi connectivity index (χ1) is 14.9. The van der Waals surface area contributed by atoms with Gasteiger partial charge in [0.05, 0.1) is 17.9 Å². The van der Waals surface area contributed by atoms with E-state index in [1.54, 1.807) is 17.1 Å². The fourth-order valence-corrected chi connectivity index (χ4v) is 6.55. The molecular weight excluding hydrogens is 392 g/mol. The van der Waals surface area contributed by atoms with Crippen LogP contribution >= 0.6 is 0 Å². The van der Waals surface area contributed by atoms with Gasteiger partial charge in [-0.3, -0.25) is 4.79 Å². The van der Waals surface area contributed by atoms with E-state index in [2.05, 4.69) is 25.7 Å². The van der Waals surface area contributed by atoms with E-state index in [1.165, 1.54) is 38.5 Å². The minimum atomic E-state index is -0.0646. The zero-order valence-corrected chi connectivity index (χ0v) is 18.4. The van der Waals surface area contributed by atoms with Crippen LogP contribution in [0.15, 0.2) is 12.4 Å². The van der Waals surface area contributed by atoms with Gasteiger partial charge in [0.2, 0.25) is 0 Å². The molecule has 31 heavy (non-hydrogen) atoms. The number of hydrogen-bond donors (Lipinski definition) is 3. The van der Waals surface area contributed by atoms with Crippen LogP contribution in [-0.4, -0.2) is 50.5 Å². The van der Waals surface area contributed by atoms with E-state index in [0.717, 1.165) is 29.9 Å². The third-order valence-corrected chi connectivity index (χ3v) is 7.50. The van der Waals surface area contributed by atoms with Crippen molar-refractivity contribution in [3.05, 3.63) is 29.2 Å². The molecule has 0 aromatic carbocycles. The second-order valence-electron chi connectivity index (χ2n) is 10.0. The predicted molar refractivity (Wildman–Crippen MR) is 117 cm³/mol. The Hall–Kier alpha value is -2.48. The molecule has 1 amide bonds. The maximum atomic E-state index is 13.0. The summed E-state index contributed by atoms with van der Waals surface area (Å²) in [5.74, 6) is 3.61. The molecule has 8 heteroatoms. The summed E-state index contributed by atoms with van der Waals surface area (Å²) in [6.07, 6.45) is 11.5. The smallest absolute Gasteiger partial charge is 0.254 e. The van der Waals surface area contributed by atoms with Gasteiger partial charge in [0.1, 0.15) is 5.82 Å². The molecule has 3 N–H and O–H groups in total. The fourth-order valence-electron chi connectivity index (χ4n) is 6.55. The number of anilines is 1. The van der Waals surface area contributed by atoms with Gasteiger partial charge in [-0.1, -0.05) is 0 Å². The SMILES string of the molecule is Cc1cnc(-n2cc(C(=O)NCC34CC5CC(CC(C5)C3)C4)c(C)n2)nc1NCCO. The summed E-state index contributed by atoms with van der Waals surface area (Å²) in [6.45, 7) is 4.95. The standard InChI is InChI=1S/C23H32N6O2/c1-14-11-25-22(27-20(14)24-3-4-30)29-12-19(15(2)28-29)21(31)26-13-23-8-16-5-17(9-23)7-18(6-16)10-23/h11-12,16-18,30H,3-10,13H2,1-2H3,(H,26,31)(H,24,25,27). The van der Waals surface area contributed by atoms with E-state index in [1.807, 2.05) is 13.8 Å². The maximum absolute atomic E-state index is 13.0. The van der Waals surface area contributed by atoms with Gasteiger partial charge in [-0.25, -0.2) is 9.67 Å². The van der Waals surface area contributed by atoms with Crippen molar-refractivity contribution in [2.75, 3.05) is 25.0 Å². The molecule has 4 aliphatic rings. The van der Waals surface area contributed by atoms with E-state index < -0.39 is 0 Å². The summed E-state index contributed by atoms with van der Waals surface area (Å²) in [6, 6.07) is 0. The summed E-state index contributed by atoms with van der Waals surface area (Å²) >= 11 is 0. The summed E-state index contributed by atoms with van der Waals surface area (Å²) in [4.78, 5) is 21.9. The largest absolute Gasteiger partial charge is 0.395 e. The van der Waals surface area contributed by atoms with E-state index >= 15 is 0 Å². The molecule has 4 aliphatic carbocycles. The van der Waals surface area contributed by atoms with Gasteiger partial charge in [-0.15, -0.1) is 0 Å². The van der Waals surface area contributed by atoms with Crippen LogP contribution < -0.4 is 10.6 Å². The highest BCUT2D eigenvalue weighted by molar-refractivity contribution is 5.95. The van der Waals surface area contributed by atoms with Gasteiger partial charge in [-0.2, -0.15) is 10.1 Å². The molecule has 4 bridgehead atoms. The van der Waals surface area contributed by atoms with Crippen molar-refractivity contribution in [2.45, 2.75) is 52.4 Å². The Kier molecular flexibility index (Phi) is 5.20. The average Bonchev–Trinajstić information content (AvgIpc) is 3.12. The Balaban J connectivity index is 1.29. The number of rotatable bonds is 7. The van der Waals surface area contributed by atoms with Crippen LogP contribution in [0, 0.1) is 37.0 Å². The van der Waals surface area contributed by atoms with Crippen LogP contribution in [0.1, 0.15) is 60.1 Å². The number of carbonyl (C=O) groups excluding carboxylic acids is 1. The first-order valence-electron chi connectivity index (χ1n) is 11.5. The number of nitrogens with one attached hydrogen (secondary N) is 2. The Morgan fingerprint density at radius 1 is 1.19 bits per heavy atom. The Bertz CT molecular complexity index is 949. The van der Waals surface area contributed by atoms with Gasteiger partial charge in [0, 0.05) is 31.0 Å². The van der Waals surface area contributed by atoms with Crippen molar-refractivity contribution in [3.63, 3.8) is 0 Å². The molecule has 0 radical (unpaired) electrons. The zero-order valence-electron chi connectivity index (χ0n) is 18.4. The quantitative estimate of drug-likeness (QED) is 0.631. The molecule has 0 spiro atoms. The molecule has 8 nitrogen and oxygen atoms in total. The van der Waals surface area contributed by atoms with Crippen molar-refractivity contribution in [3.8, 4) is 5.95 Å². The summed E-state index contributed by atoms with van der Waals surface area (Å²) in [5.41, 5.74) is 2.42. The van der Waals surface area contributed by atoms with Crippen LogP contribution in [0.25, 0.3) is 5.95 Å². The highest BCUT2D eigenvalue weighted by Crippen LogP contribution is 2.59. The lowest BCUT2D eigenvalue weighted by atomic mass is 9.49. The number of nitrogens with zero attached hydrogens (tertiary/aromatic N) is 4. The third kappa shape index (κ3) is 3.93. The first kappa shape index (κ1) is 20.4. The molecule has 0 aliphatic heterocycles. The molecule has 2 aromatic heterocycles. The monoisotopic (exact) mass is 424 g/mol. The Labute approximate surface area is 182 Å². The summed E-state index contributed by atoms with van der Waals surface area (Å²) in [7, 11) is 0. The number of carbonyl (C=O) groups is 1. The van der Waals surface area contributed by atoms with Gasteiger partial charge in [0.15, 0.2) is 0 Å². The van der Waals surface area contributed by atoms with Crippen LogP contribution in [-0.2, 0) is 0 Å². The van der Waals surface area contributed by atoms with Crippen LogP contribution in [0.4, 0.5) is 5.82 Å². The molecule has 4 saturated carbocycles. The number of hydrogen-bond acceptors (Lipinski definition) is 6. The molecule has 0 saturated heterocycles. The highest BCUT2D eigenvalue weighted by Gasteiger charge is 2.50. The van der Waals surface area contributed by atoms with E-state index in [0.29, 0.717) is 35.0 Å². The van der Waals surface area contributed by atoms with Crippen LogP contribution in [0.3, 0.4) is 0 Å². The minimum Gasteiger partial charge on any atom is -0.395 e. The molecule has 0 unspecified atom stereocenters. The molecule has 0 atom stereocenters. The van der Waals surface area contributed by atoms with Gasteiger partial charge < -0.3 is 15.7 Å². The topological polar surface area (TPSA) is 105 Å². The van der Waals surface area contributed by atoms with Crippen molar-refractivity contribution in [2.24, 2.45) is 23.2 Å². The number of amides is 1. The zero-order chi connectivity index (χ0) is 21.6. The molecule has 2 heterocycles. The lowest BCUT2D eigenvalue weighted by Crippen LogP contribution is -2.51. The molecule has 166 valence electrons. The van der Waals surface area contributed by atoms with Crippen molar-refractivity contribution in [1.29, 1.82) is 0 Å². The Morgan fingerprint density at radius 2 is 1.87 bits per heavy atom. The van der Waals surface area contributed by atoms with Crippen molar-refractivity contribution < 1.29 is 9.90 Å². The summed E-state index contributed by atoms with van der Waals surface area (Å²) in [5, 5.41) is 19.9. The number of aliphatic hydroxyl groups excluding tert-OH is 1. The normalized spacial score (nSPS) is 28.7. The average molecular weight is 425 g/mol. The molecular formula is C23H32N6O2. The third-order valence-electron chi connectivity index (χ3n) is 7.50. The molecule has 6 rings (SSSR count). The van der Waals surface area contributed by atoms with Gasteiger partial charge in [-0.05, 0) is 75.5 Å². The first-order valence-corrected chi connectivity index (χ1v) is 11.5. The summed E-state index contributed by atoms with van der Waals surface area (Å²) < 4.78 is 1.55. The second kappa shape index (κ2) is 7.89. The fraction of sp³-hybridized carbons (Fsp3) is 0.652. The number of aryl methyl sites for hydroxylation is 2. The maximum Gasteiger partial charge on any atom is 0.254 e.